The van der Waals surface area contributed by atoms with Crippen LogP contribution in [0.25, 0.3) is 22.2 Å². The van der Waals surface area contributed by atoms with Gasteiger partial charge in [0.1, 0.15) is 0 Å². The Morgan fingerprint density at radius 1 is 1.14 bits per heavy atom. The van der Waals surface area contributed by atoms with Crippen LogP contribution in [0.15, 0.2) is 48.5 Å². The average molecular weight is 397 g/mol. The van der Waals surface area contributed by atoms with Crippen LogP contribution in [-0.2, 0) is 10.0 Å². The smallest absolute Gasteiger partial charge is 0.258 e. The molecule has 1 aromatic heterocycles. The lowest BCUT2D eigenvalue weighted by Crippen LogP contribution is -2.35. The zero-order chi connectivity index (χ0) is 20.5. The van der Waals surface area contributed by atoms with Crippen molar-refractivity contribution in [1.29, 1.82) is 5.41 Å². The standard InChI is InChI=1S/C19H19N5O3S/c1-11-6-3-4-7-12(11)16-10-13(18(25)23-19(20)21)17-14(22-16)8-5-9-15(17)24-28(2,26)27/h3-10,24H,1-2H3,(H4,20,21,23,25). The van der Waals surface area contributed by atoms with E-state index in [1.165, 1.54) is 0 Å². The average Bonchev–Trinajstić information content (AvgIpc) is 2.59. The van der Waals surface area contributed by atoms with Crippen LogP contribution in [-0.4, -0.2) is 31.5 Å². The number of carbonyl (C=O) groups excluding carboxylic acids is 1. The van der Waals surface area contributed by atoms with Gasteiger partial charge in [-0.15, -0.1) is 0 Å². The minimum Gasteiger partial charge on any atom is -0.370 e. The largest absolute Gasteiger partial charge is 0.370 e. The second-order valence-electron chi connectivity index (χ2n) is 6.31. The highest BCUT2D eigenvalue weighted by Crippen LogP contribution is 2.31. The predicted octanol–water partition coefficient (Wildman–Crippen LogP) is 2.20. The van der Waals surface area contributed by atoms with E-state index in [1.54, 1.807) is 24.3 Å². The molecule has 0 radical (unpaired) electrons. The van der Waals surface area contributed by atoms with Crippen LogP contribution in [0.4, 0.5) is 5.69 Å². The minimum atomic E-state index is -3.58. The van der Waals surface area contributed by atoms with Crippen molar-refractivity contribution in [3.8, 4) is 11.3 Å². The van der Waals surface area contributed by atoms with Gasteiger partial charge in [0.2, 0.25) is 10.0 Å². The van der Waals surface area contributed by atoms with E-state index in [4.69, 9.17) is 11.1 Å². The van der Waals surface area contributed by atoms with Crippen molar-refractivity contribution in [1.82, 2.24) is 10.3 Å². The summed E-state index contributed by atoms with van der Waals surface area (Å²) in [6.07, 6.45) is 1.02. The fourth-order valence-corrected chi connectivity index (χ4v) is 3.51. The maximum absolute atomic E-state index is 12.7. The Balaban J connectivity index is 2.33. The molecule has 9 heteroatoms. The second-order valence-corrected chi connectivity index (χ2v) is 8.06. The molecule has 0 aliphatic rings. The Bertz CT molecular complexity index is 1210. The van der Waals surface area contributed by atoms with Gasteiger partial charge in [-0.05, 0) is 30.7 Å². The van der Waals surface area contributed by atoms with Crippen molar-refractivity contribution < 1.29 is 13.2 Å². The molecular formula is C19H19N5O3S. The summed E-state index contributed by atoms with van der Waals surface area (Å²) in [4.78, 5) is 17.3. The van der Waals surface area contributed by atoms with Crippen LogP contribution in [0.1, 0.15) is 15.9 Å². The molecule has 0 atom stereocenters. The van der Waals surface area contributed by atoms with Gasteiger partial charge in [0.05, 0.1) is 28.7 Å². The zero-order valence-electron chi connectivity index (χ0n) is 15.3. The van der Waals surface area contributed by atoms with E-state index in [0.29, 0.717) is 16.6 Å². The summed E-state index contributed by atoms with van der Waals surface area (Å²) in [5.74, 6) is -1.14. The number of nitrogens with zero attached hydrogens (tertiary/aromatic N) is 1. The summed E-state index contributed by atoms with van der Waals surface area (Å²) >= 11 is 0. The molecule has 5 N–H and O–H groups in total. The predicted molar refractivity (Wildman–Crippen MR) is 110 cm³/mol. The van der Waals surface area contributed by atoms with Gasteiger partial charge in [-0.2, -0.15) is 0 Å². The molecule has 0 aliphatic carbocycles. The number of anilines is 1. The summed E-state index contributed by atoms with van der Waals surface area (Å²) in [7, 11) is -3.58. The van der Waals surface area contributed by atoms with Crippen LogP contribution >= 0.6 is 0 Å². The zero-order valence-corrected chi connectivity index (χ0v) is 16.1. The van der Waals surface area contributed by atoms with Gasteiger partial charge in [0.25, 0.3) is 5.91 Å². The van der Waals surface area contributed by atoms with Crippen LogP contribution in [0, 0.1) is 12.3 Å². The summed E-state index contributed by atoms with van der Waals surface area (Å²) in [5.41, 5.74) is 8.48. The van der Waals surface area contributed by atoms with Crippen molar-refractivity contribution in [3.63, 3.8) is 0 Å². The molecule has 0 saturated heterocycles. The fourth-order valence-electron chi connectivity index (χ4n) is 2.94. The van der Waals surface area contributed by atoms with Gasteiger partial charge >= 0.3 is 0 Å². The molecule has 2 aromatic carbocycles. The number of amides is 1. The molecule has 0 unspecified atom stereocenters. The maximum atomic E-state index is 12.7. The number of carbonyl (C=O) groups is 1. The molecule has 1 amide bonds. The van der Waals surface area contributed by atoms with Crippen LogP contribution in [0.5, 0.6) is 0 Å². The number of fused-ring (bicyclic) bond motifs is 1. The number of sulfonamides is 1. The van der Waals surface area contributed by atoms with Gasteiger partial charge in [-0.25, -0.2) is 13.4 Å². The van der Waals surface area contributed by atoms with E-state index < -0.39 is 21.9 Å². The van der Waals surface area contributed by atoms with Crippen molar-refractivity contribution in [2.45, 2.75) is 6.92 Å². The molecule has 0 fully saturated rings. The highest BCUT2D eigenvalue weighted by molar-refractivity contribution is 7.92. The van der Waals surface area contributed by atoms with Crippen molar-refractivity contribution in [2.75, 3.05) is 11.0 Å². The molecule has 0 bridgehead atoms. The normalized spacial score (nSPS) is 11.2. The molecule has 3 aromatic rings. The van der Waals surface area contributed by atoms with E-state index in [1.807, 2.05) is 31.2 Å². The fraction of sp³-hybridized carbons (Fsp3) is 0.105. The quantitative estimate of drug-likeness (QED) is 0.395. The number of rotatable bonds is 4. The van der Waals surface area contributed by atoms with E-state index in [0.717, 1.165) is 17.4 Å². The Kier molecular flexibility index (Phi) is 5.02. The van der Waals surface area contributed by atoms with Crippen molar-refractivity contribution in [2.24, 2.45) is 5.73 Å². The molecule has 144 valence electrons. The lowest BCUT2D eigenvalue weighted by atomic mass is 10.00. The first-order chi connectivity index (χ1) is 13.2. The lowest BCUT2D eigenvalue weighted by molar-refractivity contribution is 0.0978. The summed E-state index contributed by atoms with van der Waals surface area (Å²) in [6, 6.07) is 14.0. The first-order valence-electron chi connectivity index (χ1n) is 8.28. The molecule has 1 heterocycles. The summed E-state index contributed by atoms with van der Waals surface area (Å²) < 4.78 is 25.9. The van der Waals surface area contributed by atoms with Crippen LogP contribution in [0.3, 0.4) is 0 Å². The molecular weight excluding hydrogens is 378 g/mol. The Morgan fingerprint density at radius 3 is 2.50 bits per heavy atom. The van der Waals surface area contributed by atoms with Crippen molar-refractivity contribution in [3.05, 3.63) is 59.7 Å². The minimum absolute atomic E-state index is 0.158. The number of hydrogen-bond donors (Lipinski definition) is 4. The third-order valence-electron chi connectivity index (χ3n) is 4.04. The van der Waals surface area contributed by atoms with E-state index in [9.17, 15) is 13.2 Å². The monoisotopic (exact) mass is 397 g/mol. The summed E-state index contributed by atoms with van der Waals surface area (Å²) in [5, 5.41) is 9.93. The maximum Gasteiger partial charge on any atom is 0.258 e. The van der Waals surface area contributed by atoms with Gasteiger partial charge in [-0.1, -0.05) is 30.3 Å². The van der Waals surface area contributed by atoms with E-state index in [-0.39, 0.29) is 11.3 Å². The third-order valence-corrected chi connectivity index (χ3v) is 4.63. The lowest BCUT2D eigenvalue weighted by Gasteiger charge is -2.14. The number of guanidine groups is 1. The molecule has 3 rings (SSSR count). The SMILES string of the molecule is Cc1ccccc1-c1cc(C(=O)NC(=N)N)c2c(NS(C)(=O)=O)cccc2n1. The second kappa shape index (κ2) is 7.28. The van der Waals surface area contributed by atoms with Gasteiger partial charge in [0.15, 0.2) is 5.96 Å². The number of aryl methyl sites for hydroxylation is 1. The number of benzene rings is 2. The van der Waals surface area contributed by atoms with E-state index in [2.05, 4.69) is 15.0 Å². The molecule has 8 nitrogen and oxygen atoms in total. The summed E-state index contributed by atoms with van der Waals surface area (Å²) in [6.45, 7) is 1.93. The van der Waals surface area contributed by atoms with Gasteiger partial charge in [-0.3, -0.25) is 20.2 Å². The van der Waals surface area contributed by atoms with Gasteiger partial charge < -0.3 is 5.73 Å². The topological polar surface area (TPSA) is 138 Å². The number of pyridine rings is 1. The Morgan fingerprint density at radius 2 is 1.86 bits per heavy atom. The molecule has 0 aliphatic heterocycles. The number of nitrogens with one attached hydrogen (secondary N) is 3. The molecule has 0 spiro atoms. The highest BCUT2D eigenvalue weighted by atomic mass is 32.2. The van der Waals surface area contributed by atoms with E-state index >= 15 is 0 Å². The Hall–Kier alpha value is -3.46. The first kappa shape index (κ1) is 19.3. The van der Waals surface area contributed by atoms with Crippen LogP contribution in [0.2, 0.25) is 0 Å². The third kappa shape index (κ3) is 4.09. The highest BCUT2D eigenvalue weighted by Gasteiger charge is 2.19. The number of aromatic nitrogens is 1. The first-order valence-corrected chi connectivity index (χ1v) is 10.2. The number of nitrogens with two attached hydrogens (primary N) is 1. The molecule has 0 saturated carbocycles. The number of hydrogen-bond acceptors (Lipinski definition) is 5. The van der Waals surface area contributed by atoms with Crippen LogP contribution < -0.4 is 15.8 Å². The van der Waals surface area contributed by atoms with Crippen molar-refractivity contribution >= 4 is 38.5 Å². The van der Waals surface area contributed by atoms with Gasteiger partial charge in [0, 0.05) is 10.9 Å². The molecule has 28 heavy (non-hydrogen) atoms. The Labute approximate surface area is 162 Å².